The van der Waals surface area contributed by atoms with E-state index in [1.54, 1.807) is 13.0 Å². The van der Waals surface area contributed by atoms with Crippen molar-refractivity contribution in [3.63, 3.8) is 0 Å². The van der Waals surface area contributed by atoms with E-state index in [1.807, 2.05) is 0 Å². The molecule has 0 saturated heterocycles. The van der Waals surface area contributed by atoms with Crippen LogP contribution >= 0.6 is 0 Å². The summed E-state index contributed by atoms with van der Waals surface area (Å²) in [6.45, 7) is 2.08. The Bertz CT molecular complexity index is 1110. The lowest BCUT2D eigenvalue weighted by Gasteiger charge is -2.18. The van der Waals surface area contributed by atoms with Gasteiger partial charge in [0.1, 0.15) is 11.5 Å². The van der Waals surface area contributed by atoms with Gasteiger partial charge in [0, 0.05) is 18.3 Å². The third kappa shape index (κ3) is 3.57. The lowest BCUT2D eigenvalue weighted by molar-refractivity contribution is -0.137. The molecule has 150 valence electrons. The molecule has 4 rings (SSSR count). The van der Waals surface area contributed by atoms with Crippen LogP contribution in [-0.4, -0.2) is 32.4 Å². The maximum atomic E-state index is 13.7. The van der Waals surface area contributed by atoms with Gasteiger partial charge in [-0.25, -0.2) is 9.07 Å². The third-order valence-corrected chi connectivity index (χ3v) is 4.79. The molecular formula is C19H15F4N5O. The van der Waals surface area contributed by atoms with Crippen LogP contribution in [0.2, 0.25) is 0 Å². The number of pyridine rings is 1. The van der Waals surface area contributed by atoms with Gasteiger partial charge in [-0.2, -0.15) is 13.2 Å². The van der Waals surface area contributed by atoms with Crippen molar-refractivity contribution in [2.45, 2.75) is 26.1 Å². The number of carbonyl (C=O) groups excluding carboxylic acids is 1. The quantitative estimate of drug-likeness (QED) is 0.680. The van der Waals surface area contributed by atoms with Crippen LogP contribution in [0.5, 0.6) is 0 Å². The minimum Gasteiger partial charge on any atom is -0.352 e. The molecule has 29 heavy (non-hydrogen) atoms. The number of hydrogen-bond donors (Lipinski definition) is 1. The van der Waals surface area contributed by atoms with Crippen molar-refractivity contribution < 1.29 is 22.4 Å². The maximum Gasteiger partial charge on any atom is 0.416 e. The number of hydrogen-bond acceptors (Lipinski definition) is 4. The molecule has 1 amide bonds. The molecular weight excluding hydrogens is 390 g/mol. The lowest BCUT2D eigenvalue weighted by atomic mass is 9.97. The van der Waals surface area contributed by atoms with Gasteiger partial charge < -0.3 is 5.32 Å². The van der Waals surface area contributed by atoms with E-state index in [2.05, 4.69) is 20.6 Å². The molecule has 0 atom stereocenters. The van der Waals surface area contributed by atoms with Crippen LogP contribution in [0.4, 0.5) is 17.6 Å². The number of nitrogens with zero attached hydrogens (tertiary/aromatic N) is 4. The van der Waals surface area contributed by atoms with E-state index in [0.717, 1.165) is 17.7 Å². The van der Waals surface area contributed by atoms with Gasteiger partial charge in [0.05, 0.1) is 23.5 Å². The highest BCUT2D eigenvalue weighted by molar-refractivity contribution is 5.98. The number of alkyl halides is 3. The molecule has 6 nitrogen and oxygen atoms in total. The molecule has 0 saturated carbocycles. The number of aromatic nitrogens is 4. The standard InChI is InChI=1S/C19H15F4N5O/c1-10-16(17-14-2-5-25-18(29)15(14)3-4-24-17)26-27-28(10)9-11-6-12(19(21,22)23)8-13(20)7-11/h3-4,6-8H,2,5,9H2,1H3,(H,25,29). The van der Waals surface area contributed by atoms with Crippen molar-refractivity contribution in [1.29, 1.82) is 0 Å². The summed E-state index contributed by atoms with van der Waals surface area (Å²) in [5.41, 5.74) is 1.80. The molecule has 0 bridgehead atoms. The molecule has 1 N–H and O–H groups in total. The van der Waals surface area contributed by atoms with Gasteiger partial charge in [0.15, 0.2) is 0 Å². The second kappa shape index (κ2) is 6.94. The van der Waals surface area contributed by atoms with E-state index in [4.69, 9.17) is 0 Å². The zero-order chi connectivity index (χ0) is 20.8. The Morgan fingerprint density at radius 3 is 2.76 bits per heavy atom. The minimum absolute atomic E-state index is 0.0881. The van der Waals surface area contributed by atoms with E-state index >= 15 is 0 Å². The normalized spacial score (nSPS) is 13.9. The van der Waals surface area contributed by atoms with E-state index in [-0.39, 0.29) is 18.0 Å². The molecule has 1 aromatic carbocycles. The molecule has 3 heterocycles. The Morgan fingerprint density at radius 1 is 1.21 bits per heavy atom. The fraction of sp³-hybridized carbons (Fsp3) is 0.263. The molecule has 0 unspecified atom stereocenters. The summed E-state index contributed by atoms with van der Waals surface area (Å²) in [6.07, 6.45) is -2.57. The van der Waals surface area contributed by atoms with Crippen molar-refractivity contribution in [3.8, 4) is 11.4 Å². The summed E-state index contributed by atoms with van der Waals surface area (Å²) in [6, 6.07) is 3.99. The highest BCUT2D eigenvalue weighted by atomic mass is 19.4. The first-order valence-corrected chi connectivity index (χ1v) is 8.77. The number of nitrogens with one attached hydrogen (secondary N) is 1. The number of amides is 1. The number of benzene rings is 1. The van der Waals surface area contributed by atoms with Crippen molar-refractivity contribution in [1.82, 2.24) is 25.3 Å². The lowest BCUT2D eigenvalue weighted by Crippen LogP contribution is -2.32. The zero-order valence-electron chi connectivity index (χ0n) is 15.2. The molecule has 10 heteroatoms. The second-order valence-electron chi connectivity index (χ2n) is 6.72. The Kier molecular flexibility index (Phi) is 4.56. The monoisotopic (exact) mass is 405 g/mol. The highest BCUT2D eigenvalue weighted by Crippen LogP contribution is 2.31. The number of halogens is 4. The third-order valence-electron chi connectivity index (χ3n) is 4.79. The highest BCUT2D eigenvalue weighted by Gasteiger charge is 2.31. The molecule has 2 aromatic heterocycles. The molecule has 1 aliphatic heterocycles. The smallest absolute Gasteiger partial charge is 0.352 e. The summed E-state index contributed by atoms with van der Waals surface area (Å²) < 4.78 is 53.9. The number of fused-ring (bicyclic) bond motifs is 1. The predicted octanol–water partition coefficient (Wildman–Crippen LogP) is 3.14. The van der Waals surface area contributed by atoms with Crippen LogP contribution in [-0.2, 0) is 19.1 Å². The van der Waals surface area contributed by atoms with E-state index < -0.39 is 17.6 Å². The van der Waals surface area contributed by atoms with Crippen LogP contribution in [0.15, 0.2) is 30.5 Å². The summed E-state index contributed by atoms with van der Waals surface area (Å²) in [7, 11) is 0. The van der Waals surface area contributed by atoms with Gasteiger partial charge >= 0.3 is 6.18 Å². The van der Waals surface area contributed by atoms with Gasteiger partial charge in [-0.05, 0) is 48.7 Å². The molecule has 0 radical (unpaired) electrons. The van der Waals surface area contributed by atoms with Gasteiger partial charge in [0.25, 0.3) is 5.91 Å². The number of carbonyl (C=O) groups is 1. The Morgan fingerprint density at radius 2 is 2.00 bits per heavy atom. The molecule has 1 aliphatic rings. The van der Waals surface area contributed by atoms with E-state index in [1.165, 1.54) is 10.9 Å². The van der Waals surface area contributed by atoms with Crippen LogP contribution in [0.25, 0.3) is 11.4 Å². The Labute approximate surface area is 162 Å². The SMILES string of the molecule is Cc1c(-c2nccc3c2CCNC3=O)nnn1Cc1cc(F)cc(C(F)(F)F)c1. The van der Waals surface area contributed by atoms with Crippen LogP contribution in [0.3, 0.4) is 0 Å². The minimum atomic E-state index is -4.65. The fourth-order valence-corrected chi connectivity index (χ4v) is 3.37. The van der Waals surface area contributed by atoms with Crippen LogP contribution in [0.1, 0.15) is 32.7 Å². The van der Waals surface area contributed by atoms with E-state index in [0.29, 0.717) is 41.7 Å². The van der Waals surface area contributed by atoms with Gasteiger partial charge in [-0.15, -0.1) is 5.10 Å². The summed E-state index contributed by atoms with van der Waals surface area (Å²) in [5, 5.41) is 10.9. The van der Waals surface area contributed by atoms with Gasteiger partial charge in [-0.3, -0.25) is 9.78 Å². The molecule has 0 fully saturated rings. The van der Waals surface area contributed by atoms with Crippen LogP contribution in [0, 0.1) is 12.7 Å². The number of rotatable bonds is 3. The molecule has 3 aromatic rings. The predicted molar refractivity (Wildman–Crippen MR) is 94.5 cm³/mol. The van der Waals surface area contributed by atoms with Gasteiger partial charge in [-0.1, -0.05) is 5.21 Å². The second-order valence-corrected chi connectivity index (χ2v) is 6.72. The summed E-state index contributed by atoms with van der Waals surface area (Å²) >= 11 is 0. The zero-order valence-corrected chi connectivity index (χ0v) is 15.2. The summed E-state index contributed by atoms with van der Waals surface area (Å²) in [5.74, 6) is -1.17. The van der Waals surface area contributed by atoms with Crippen molar-refractivity contribution in [2.75, 3.05) is 6.54 Å². The Balaban J connectivity index is 1.70. The van der Waals surface area contributed by atoms with Crippen molar-refractivity contribution in [3.05, 3.63) is 64.2 Å². The molecule has 0 spiro atoms. The first kappa shape index (κ1) is 19.0. The maximum absolute atomic E-state index is 13.7. The first-order chi connectivity index (χ1) is 13.7. The van der Waals surface area contributed by atoms with Gasteiger partial charge in [0.2, 0.25) is 0 Å². The fourth-order valence-electron chi connectivity index (χ4n) is 3.37. The summed E-state index contributed by atoms with van der Waals surface area (Å²) in [4.78, 5) is 16.4. The van der Waals surface area contributed by atoms with Crippen LogP contribution < -0.4 is 5.32 Å². The molecule has 0 aliphatic carbocycles. The van der Waals surface area contributed by atoms with E-state index in [9.17, 15) is 22.4 Å². The first-order valence-electron chi connectivity index (χ1n) is 8.77. The average Bonchev–Trinajstić information content (AvgIpc) is 3.01. The Hall–Kier alpha value is -3.30. The largest absolute Gasteiger partial charge is 0.416 e. The van der Waals surface area contributed by atoms with Crippen molar-refractivity contribution >= 4 is 5.91 Å². The average molecular weight is 405 g/mol. The topological polar surface area (TPSA) is 72.7 Å². The van der Waals surface area contributed by atoms with Crippen molar-refractivity contribution in [2.24, 2.45) is 0 Å².